The van der Waals surface area contributed by atoms with Crippen LogP contribution in [0.3, 0.4) is 0 Å². The Balaban J connectivity index is 2.11. The topological polar surface area (TPSA) is 58.6 Å². The van der Waals surface area contributed by atoms with Crippen LogP contribution in [0.2, 0.25) is 5.02 Å². The van der Waals surface area contributed by atoms with Crippen LogP contribution in [0.15, 0.2) is 48.5 Å². The molecule has 29 heavy (non-hydrogen) atoms. The molecule has 0 heterocycles. The first kappa shape index (κ1) is 22.7. The summed E-state index contributed by atoms with van der Waals surface area (Å²) in [4.78, 5) is 26.8. The number of hydrogen-bond acceptors (Lipinski definition) is 3. The van der Waals surface area contributed by atoms with Gasteiger partial charge in [-0.1, -0.05) is 43.1 Å². The number of unbranched alkanes of at least 4 members (excludes halogenated alkanes) is 1. The summed E-state index contributed by atoms with van der Waals surface area (Å²) < 4.78 is 18.5. The summed E-state index contributed by atoms with van der Waals surface area (Å²) in [5.41, 5.74) is 0.734. The van der Waals surface area contributed by atoms with Gasteiger partial charge in [0, 0.05) is 18.1 Å². The summed E-state index contributed by atoms with van der Waals surface area (Å²) in [5, 5.41) is 3.37. The minimum absolute atomic E-state index is 0.174. The van der Waals surface area contributed by atoms with Gasteiger partial charge in [-0.25, -0.2) is 4.39 Å². The summed E-state index contributed by atoms with van der Waals surface area (Å²) in [7, 11) is 0. The van der Waals surface area contributed by atoms with Crippen molar-refractivity contribution in [3.05, 3.63) is 64.9 Å². The Hall–Kier alpha value is -2.60. The van der Waals surface area contributed by atoms with Crippen molar-refractivity contribution in [2.45, 2.75) is 39.3 Å². The van der Waals surface area contributed by atoms with E-state index in [0.717, 1.165) is 18.4 Å². The van der Waals surface area contributed by atoms with Crippen LogP contribution in [-0.2, 0) is 16.1 Å². The Morgan fingerprint density at radius 3 is 2.52 bits per heavy atom. The second kappa shape index (κ2) is 11.4. The first-order chi connectivity index (χ1) is 13.9. The standard InChI is InChI=1S/C22H26ClFN2O3/c1-3-4-13-25-22(28)16(2)26(14-17-7-5-6-8-20(17)23)21(27)15-29-19-11-9-18(24)10-12-19/h5-12,16H,3-4,13-15H2,1-2H3,(H,25,28). The smallest absolute Gasteiger partial charge is 0.261 e. The molecule has 2 rings (SSSR count). The molecule has 0 aliphatic heterocycles. The predicted octanol–water partition coefficient (Wildman–Crippen LogP) is 4.19. The zero-order chi connectivity index (χ0) is 21.2. The average Bonchev–Trinajstić information content (AvgIpc) is 2.72. The molecular weight excluding hydrogens is 395 g/mol. The number of hydrogen-bond donors (Lipinski definition) is 1. The molecule has 0 aliphatic rings. The van der Waals surface area contributed by atoms with Crippen molar-refractivity contribution in [1.82, 2.24) is 10.2 Å². The Kier molecular flexibility index (Phi) is 8.93. The molecule has 1 atom stereocenters. The lowest BCUT2D eigenvalue weighted by atomic mass is 10.1. The highest BCUT2D eigenvalue weighted by atomic mass is 35.5. The van der Waals surface area contributed by atoms with Crippen molar-refractivity contribution < 1.29 is 18.7 Å². The van der Waals surface area contributed by atoms with Crippen molar-refractivity contribution in [2.24, 2.45) is 0 Å². The zero-order valence-corrected chi connectivity index (χ0v) is 17.4. The van der Waals surface area contributed by atoms with Gasteiger partial charge in [-0.3, -0.25) is 9.59 Å². The Bertz CT molecular complexity index is 814. The van der Waals surface area contributed by atoms with Crippen LogP contribution in [-0.4, -0.2) is 35.9 Å². The molecule has 7 heteroatoms. The number of nitrogens with zero attached hydrogens (tertiary/aromatic N) is 1. The lowest BCUT2D eigenvalue weighted by Crippen LogP contribution is -2.49. The van der Waals surface area contributed by atoms with Crippen LogP contribution in [0.5, 0.6) is 5.75 Å². The van der Waals surface area contributed by atoms with Crippen LogP contribution < -0.4 is 10.1 Å². The van der Waals surface area contributed by atoms with Crippen LogP contribution in [0, 0.1) is 5.82 Å². The lowest BCUT2D eigenvalue weighted by Gasteiger charge is -2.29. The molecular formula is C22H26ClFN2O3. The molecule has 0 radical (unpaired) electrons. The third-order valence-electron chi connectivity index (χ3n) is 4.47. The monoisotopic (exact) mass is 420 g/mol. The number of rotatable bonds is 10. The van der Waals surface area contributed by atoms with E-state index >= 15 is 0 Å². The van der Waals surface area contributed by atoms with E-state index in [9.17, 15) is 14.0 Å². The molecule has 0 fully saturated rings. The highest BCUT2D eigenvalue weighted by Crippen LogP contribution is 2.19. The van der Waals surface area contributed by atoms with E-state index in [0.29, 0.717) is 17.3 Å². The van der Waals surface area contributed by atoms with Gasteiger partial charge in [0.1, 0.15) is 17.6 Å². The number of carbonyl (C=O) groups excluding carboxylic acids is 2. The van der Waals surface area contributed by atoms with Gasteiger partial charge in [0.25, 0.3) is 5.91 Å². The lowest BCUT2D eigenvalue weighted by molar-refractivity contribution is -0.142. The number of ether oxygens (including phenoxy) is 1. The van der Waals surface area contributed by atoms with E-state index < -0.39 is 6.04 Å². The van der Waals surface area contributed by atoms with E-state index in [1.165, 1.54) is 29.2 Å². The third kappa shape index (κ3) is 7.06. The van der Waals surface area contributed by atoms with E-state index in [4.69, 9.17) is 16.3 Å². The Labute approximate surface area is 175 Å². The number of amides is 2. The molecule has 0 spiro atoms. The molecule has 0 aromatic heterocycles. The largest absolute Gasteiger partial charge is 0.484 e. The highest BCUT2D eigenvalue weighted by Gasteiger charge is 2.26. The van der Waals surface area contributed by atoms with Gasteiger partial charge in [0.15, 0.2) is 6.61 Å². The molecule has 0 aliphatic carbocycles. The fourth-order valence-corrected chi connectivity index (χ4v) is 2.88. The normalized spacial score (nSPS) is 11.6. The van der Waals surface area contributed by atoms with Crippen LogP contribution in [0.4, 0.5) is 4.39 Å². The summed E-state index contributed by atoms with van der Waals surface area (Å²) in [5.74, 6) is -0.619. The first-order valence-corrected chi connectivity index (χ1v) is 9.99. The molecule has 2 aromatic rings. The fourth-order valence-electron chi connectivity index (χ4n) is 2.69. The molecule has 2 aromatic carbocycles. The Morgan fingerprint density at radius 1 is 1.17 bits per heavy atom. The van der Waals surface area contributed by atoms with Crippen LogP contribution in [0.25, 0.3) is 0 Å². The van der Waals surface area contributed by atoms with Gasteiger partial charge in [-0.2, -0.15) is 0 Å². The Morgan fingerprint density at radius 2 is 1.86 bits per heavy atom. The van der Waals surface area contributed by atoms with Crippen LogP contribution >= 0.6 is 11.6 Å². The van der Waals surface area contributed by atoms with Gasteiger partial charge < -0.3 is 15.0 Å². The van der Waals surface area contributed by atoms with Gasteiger partial charge >= 0.3 is 0 Å². The maximum Gasteiger partial charge on any atom is 0.261 e. The molecule has 1 N–H and O–H groups in total. The minimum Gasteiger partial charge on any atom is -0.484 e. The molecule has 1 unspecified atom stereocenters. The summed E-state index contributed by atoms with van der Waals surface area (Å²) in [6, 6.07) is 11.9. The predicted molar refractivity (Wildman–Crippen MR) is 111 cm³/mol. The van der Waals surface area contributed by atoms with Crippen molar-refractivity contribution >= 4 is 23.4 Å². The molecule has 2 amide bonds. The number of benzene rings is 2. The highest BCUT2D eigenvalue weighted by molar-refractivity contribution is 6.31. The average molecular weight is 421 g/mol. The summed E-state index contributed by atoms with van der Waals surface area (Å²) in [6.45, 7) is 4.17. The van der Waals surface area contributed by atoms with Crippen molar-refractivity contribution in [1.29, 1.82) is 0 Å². The van der Waals surface area contributed by atoms with Gasteiger partial charge in [-0.05, 0) is 49.2 Å². The molecule has 0 saturated carbocycles. The quantitative estimate of drug-likeness (QED) is 0.586. The van der Waals surface area contributed by atoms with Crippen molar-refractivity contribution in [3.8, 4) is 5.75 Å². The molecule has 5 nitrogen and oxygen atoms in total. The number of nitrogens with one attached hydrogen (secondary N) is 1. The van der Waals surface area contributed by atoms with Crippen LogP contribution in [0.1, 0.15) is 32.3 Å². The SMILES string of the molecule is CCCCNC(=O)C(C)N(Cc1ccccc1Cl)C(=O)COc1ccc(F)cc1. The van der Waals surface area contributed by atoms with E-state index in [2.05, 4.69) is 5.32 Å². The second-order valence-corrected chi connectivity index (χ2v) is 7.08. The maximum absolute atomic E-state index is 13.0. The van der Waals surface area contributed by atoms with E-state index in [1.54, 1.807) is 19.1 Å². The zero-order valence-electron chi connectivity index (χ0n) is 16.7. The van der Waals surface area contributed by atoms with Gasteiger partial charge in [0.2, 0.25) is 5.91 Å². The third-order valence-corrected chi connectivity index (χ3v) is 4.84. The molecule has 156 valence electrons. The molecule has 0 saturated heterocycles. The van der Waals surface area contributed by atoms with Crippen molar-refractivity contribution in [3.63, 3.8) is 0 Å². The summed E-state index contributed by atoms with van der Waals surface area (Å²) >= 11 is 6.24. The fraction of sp³-hybridized carbons (Fsp3) is 0.364. The number of halogens is 2. The van der Waals surface area contributed by atoms with E-state index in [1.807, 2.05) is 19.1 Å². The van der Waals surface area contributed by atoms with Crippen molar-refractivity contribution in [2.75, 3.05) is 13.2 Å². The minimum atomic E-state index is -0.701. The van der Waals surface area contributed by atoms with Gasteiger partial charge in [-0.15, -0.1) is 0 Å². The summed E-state index contributed by atoms with van der Waals surface area (Å²) in [6.07, 6.45) is 1.83. The van der Waals surface area contributed by atoms with Gasteiger partial charge in [0.05, 0.1) is 0 Å². The van der Waals surface area contributed by atoms with E-state index in [-0.39, 0.29) is 30.8 Å². The molecule has 0 bridgehead atoms. The number of carbonyl (C=O) groups is 2. The first-order valence-electron chi connectivity index (χ1n) is 9.61. The maximum atomic E-state index is 13.0. The second-order valence-electron chi connectivity index (χ2n) is 6.68.